The Morgan fingerprint density at radius 3 is 2.84 bits per heavy atom. The van der Waals surface area contributed by atoms with Crippen molar-refractivity contribution in [2.45, 2.75) is 31.6 Å². The number of aryl methyl sites for hydroxylation is 1. The smallest absolute Gasteiger partial charge is 0.225 e. The maximum Gasteiger partial charge on any atom is 0.225 e. The van der Waals surface area contributed by atoms with E-state index in [9.17, 15) is 9.18 Å². The summed E-state index contributed by atoms with van der Waals surface area (Å²) in [6.07, 6.45) is 1.83. The number of carbonyl (C=O) groups is 1. The van der Waals surface area contributed by atoms with Crippen molar-refractivity contribution in [3.05, 3.63) is 50.2 Å². The van der Waals surface area contributed by atoms with Crippen LogP contribution in [-0.2, 0) is 21.4 Å². The number of H-pyrrole nitrogens is 1. The summed E-state index contributed by atoms with van der Waals surface area (Å²) in [5.74, 6) is -0.298. The number of benzene rings is 1. The lowest BCUT2D eigenvalue weighted by Gasteiger charge is -2.38. The number of carbonyl (C=O) groups excluding carboxylic acids is 1. The molecule has 1 aliphatic rings. The van der Waals surface area contributed by atoms with Gasteiger partial charge in [-0.1, -0.05) is 12.1 Å². The summed E-state index contributed by atoms with van der Waals surface area (Å²) in [4.78, 5) is 16.4. The molecule has 0 saturated carbocycles. The third kappa shape index (κ3) is 4.34. The lowest BCUT2D eigenvalue weighted by Crippen LogP contribution is -2.45. The molecule has 3 rings (SSSR count). The van der Waals surface area contributed by atoms with E-state index in [1.54, 1.807) is 12.1 Å². The Balaban J connectivity index is 1.72. The van der Waals surface area contributed by atoms with Crippen molar-refractivity contribution in [1.29, 1.82) is 0 Å². The molecule has 2 heterocycles. The maximum atomic E-state index is 13.7. The van der Waals surface area contributed by atoms with Gasteiger partial charge >= 0.3 is 0 Å². The molecule has 1 fully saturated rings. The van der Waals surface area contributed by atoms with Crippen molar-refractivity contribution in [3.63, 3.8) is 0 Å². The standard InChI is InChI=1S/C18H21FN2O2S2/c1-12-15(25-17(24)21-12)10-16(22)20-11-18(5-7-23-8-6-18)13-3-2-4-14(19)9-13/h2-4,9H,5-8,10-11H2,1H3,(H,20,22)(H,21,24). The first-order valence-corrected chi connectivity index (χ1v) is 9.50. The van der Waals surface area contributed by atoms with E-state index in [0.717, 1.165) is 29.0 Å². The first kappa shape index (κ1) is 18.2. The number of thiazole rings is 1. The molecule has 1 aromatic carbocycles. The van der Waals surface area contributed by atoms with E-state index in [4.69, 9.17) is 17.0 Å². The Bertz CT molecular complexity index is 809. The van der Waals surface area contributed by atoms with Crippen LogP contribution in [0.2, 0.25) is 0 Å². The maximum absolute atomic E-state index is 13.7. The molecule has 1 amide bonds. The third-order valence-corrected chi connectivity index (χ3v) is 6.09. The molecule has 134 valence electrons. The SMILES string of the molecule is Cc1[nH]c(=S)sc1CC(=O)NCC1(c2cccc(F)c2)CCOCC1. The first-order chi connectivity index (χ1) is 12.0. The van der Waals surface area contributed by atoms with Gasteiger partial charge in [0.1, 0.15) is 5.82 Å². The fourth-order valence-corrected chi connectivity index (χ4v) is 4.52. The summed E-state index contributed by atoms with van der Waals surface area (Å²) in [6, 6.07) is 6.67. The number of hydrogen-bond donors (Lipinski definition) is 2. The molecule has 0 bridgehead atoms. The molecule has 1 aromatic heterocycles. The van der Waals surface area contributed by atoms with Crippen LogP contribution < -0.4 is 5.32 Å². The Hall–Kier alpha value is -1.57. The predicted octanol–water partition coefficient (Wildman–Crippen LogP) is 3.66. The van der Waals surface area contributed by atoms with Crippen LogP contribution in [0.5, 0.6) is 0 Å². The van der Waals surface area contributed by atoms with Crippen LogP contribution in [0.3, 0.4) is 0 Å². The Morgan fingerprint density at radius 2 is 2.20 bits per heavy atom. The van der Waals surface area contributed by atoms with E-state index in [2.05, 4.69) is 10.3 Å². The molecule has 1 saturated heterocycles. The van der Waals surface area contributed by atoms with E-state index in [1.807, 2.05) is 13.0 Å². The van der Waals surface area contributed by atoms with Gasteiger partial charge in [0.15, 0.2) is 3.95 Å². The minimum atomic E-state index is -0.282. The molecule has 0 spiro atoms. The van der Waals surface area contributed by atoms with Gasteiger partial charge in [-0.2, -0.15) is 0 Å². The summed E-state index contributed by atoms with van der Waals surface area (Å²) in [7, 11) is 0. The van der Waals surface area contributed by atoms with Crippen molar-refractivity contribution >= 4 is 29.5 Å². The van der Waals surface area contributed by atoms with Crippen LogP contribution in [0, 0.1) is 16.7 Å². The molecule has 0 unspecified atom stereocenters. The summed E-state index contributed by atoms with van der Waals surface area (Å²) >= 11 is 6.55. The van der Waals surface area contributed by atoms with E-state index >= 15 is 0 Å². The number of amides is 1. The van der Waals surface area contributed by atoms with E-state index in [1.165, 1.54) is 17.4 Å². The highest BCUT2D eigenvalue weighted by molar-refractivity contribution is 7.73. The summed E-state index contributed by atoms with van der Waals surface area (Å²) in [5, 5.41) is 3.04. The summed E-state index contributed by atoms with van der Waals surface area (Å²) < 4.78 is 19.9. The van der Waals surface area contributed by atoms with Crippen LogP contribution in [0.4, 0.5) is 4.39 Å². The summed E-state index contributed by atoms with van der Waals surface area (Å²) in [5.41, 5.74) is 1.58. The topological polar surface area (TPSA) is 54.1 Å². The van der Waals surface area contributed by atoms with Crippen molar-refractivity contribution in [2.75, 3.05) is 19.8 Å². The van der Waals surface area contributed by atoms with Crippen molar-refractivity contribution < 1.29 is 13.9 Å². The molecule has 2 N–H and O–H groups in total. The van der Waals surface area contributed by atoms with Gasteiger partial charge in [0.05, 0.1) is 6.42 Å². The third-order valence-electron chi connectivity index (χ3n) is 4.76. The second-order valence-electron chi connectivity index (χ2n) is 6.42. The van der Waals surface area contributed by atoms with Gasteiger partial charge < -0.3 is 15.0 Å². The number of rotatable bonds is 5. The van der Waals surface area contributed by atoms with Gasteiger partial charge in [-0.25, -0.2) is 4.39 Å². The predicted molar refractivity (Wildman–Crippen MR) is 99.1 cm³/mol. The van der Waals surface area contributed by atoms with Gasteiger partial charge in [-0.05, 0) is 49.7 Å². The molecular formula is C18H21FN2O2S2. The van der Waals surface area contributed by atoms with Gasteiger partial charge in [-0.15, -0.1) is 11.3 Å². The zero-order valence-corrected chi connectivity index (χ0v) is 15.7. The quantitative estimate of drug-likeness (QED) is 0.779. The average Bonchev–Trinajstić information content (AvgIpc) is 2.91. The molecule has 0 radical (unpaired) electrons. The monoisotopic (exact) mass is 380 g/mol. The van der Waals surface area contributed by atoms with Crippen molar-refractivity contribution in [2.24, 2.45) is 0 Å². The molecule has 25 heavy (non-hydrogen) atoms. The highest BCUT2D eigenvalue weighted by atomic mass is 32.1. The normalized spacial score (nSPS) is 16.6. The second-order valence-corrected chi connectivity index (χ2v) is 8.19. The van der Waals surface area contributed by atoms with Gasteiger partial charge in [0.2, 0.25) is 5.91 Å². The average molecular weight is 381 g/mol. The fraction of sp³-hybridized carbons (Fsp3) is 0.444. The molecule has 7 heteroatoms. The minimum Gasteiger partial charge on any atom is -0.381 e. The first-order valence-electron chi connectivity index (χ1n) is 8.28. The van der Waals surface area contributed by atoms with Crippen molar-refractivity contribution in [1.82, 2.24) is 10.3 Å². The zero-order chi connectivity index (χ0) is 17.9. The van der Waals surface area contributed by atoms with Crippen LogP contribution in [0.15, 0.2) is 24.3 Å². The van der Waals surface area contributed by atoms with Gasteiger partial charge in [0, 0.05) is 35.7 Å². The second kappa shape index (κ2) is 7.76. The highest BCUT2D eigenvalue weighted by Crippen LogP contribution is 2.34. The molecular weight excluding hydrogens is 359 g/mol. The van der Waals surface area contributed by atoms with Gasteiger partial charge in [-0.3, -0.25) is 4.79 Å². The van der Waals surface area contributed by atoms with Crippen LogP contribution in [-0.4, -0.2) is 30.6 Å². The van der Waals surface area contributed by atoms with Crippen LogP contribution in [0.1, 0.15) is 29.0 Å². The number of halogens is 1. The van der Waals surface area contributed by atoms with Crippen LogP contribution >= 0.6 is 23.6 Å². The van der Waals surface area contributed by atoms with Crippen molar-refractivity contribution in [3.8, 4) is 0 Å². The molecule has 4 nitrogen and oxygen atoms in total. The van der Waals surface area contributed by atoms with Gasteiger partial charge in [0.25, 0.3) is 0 Å². The van der Waals surface area contributed by atoms with Crippen LogP contribution in [0.25, 0.3) is 0 Å². The molecule has 1 aliphatic heterocycles. The molecule has 0 aliphatic carbocycles. The number of aromatic amines is 1. The lowest BCUT2D eigenvalue weighted by atomic mass is 9.74. The molecule has 0 atom stereocenters. The van der Waals surface area contributed by atoms with E-state index < -0.39 is 0 Å². The van der Waals surface area contributed by atoms with E-state index in [-0.39, 0.29) is 17.1 Å². The highest BCUT2D eigenvalue weighted by Gasteiger charge is 2.35. The molecule has 2 aromatic rings. The minimum absolute atomic E-state index is 0.0457. The Morgan fingerprint density at radius 1 is 1.44 bits per heavy atom. The number of ether oxygens (including phenoxy) is 1. The fourth-order valence-electron chi connectivity index (χ4n) is 3.23. The zero-order valence-electron chi connectivity index (χ0n) is 14.1. The number of aromatic nitrogens is 1. The number of hydrogen-bond acceptors (Lipinski definition) is 4. The van der Waals surface area contributed by atoms with E-state index in [0.29, 0.717) is 30.1 Å². The lowest BCUT2D eigenvalue weighted by molar-refractivity contribution is -0.120. The summed E-state index contributed by atoms with van der Waals surface area (Å²) in [6.45, 7) is 3.63. The Labute approximate surface area is 155 Å². The Kier molecular flexibility index (Phi) is 5.66. The largest absolute Gasteiger partial charge is 0.381 e. The number of nitrogens with one attached hydrogen (secondary N) is 2.